The number of aromatic nitrogens is 2. The van der Waals surface area contributed by atoms with Crippen LogP contribution in [-0.4, -0.2) is 41.8 Å². The molecule has 1 aromatic heterocycles. The second-order valence-corrected chi connectivity index (χ2v) is 4.33. The Bertz CT molecular complexity index is 345. The van der Waals surface area contributed by atoms with Crippen molar-refractivity contribution in [1.82, 2.24) is 9.97 Å². The molecule has 1 aliphatic heterocycles. The molecule has 2 atom stereocenters. The highest BCUT2D eigenvalue weighted by atomic mass is 35.5. The minimum atomic E-state index is 0.0514. The maximum absolute atomic E-state index is 5.75. The molecular formula is C10H15ClN4O. The van der Waals surface area contributed by atoms with Crippen LogP contribution in [0.5, 0.6) is 0 Å². The lowest BCUT2D eigenvalue weighted by molar-refractivity contribution is 0.0276. The summed E-state index contributed by atoms with van der Waals surface area (Å²) < 4.78 is 5.57. The van der Waals surface area contributed by atoms with Crippen molar-refractivity contribution in [3.63, 3.8) is 0 Å². The van der Waals surface area contributed by atoms with Crippen LogP contribution in [0.3, 0.4) is 0 Å². The Morgan fingerprint density at radius 1 is 1.56 bits per heavy atom. The number of nitrogens with two attached hydrogens (primary N) is 1. The van der Waals surface area contributed by atoms with Crippen LogP contribution in [0.25, 0.3) is 0 Å². The van der Waals surface area contributed by atoms with E-state index in [1.807, 2.05) is 0 Å². The molecule has 1 fully saturated rings. The van der Waals surface area contributed by atoms with E-state index in [-0.39, 0.29) is 12.1 Å². The largest absolute Gasteiger partial charge is 0.373 e. The average Bonchev–Trinajstić information content (AvgIpc) is 2.31. The van der Waals surface area contributed by atoms with E-state index in [9.17, 15) is 0 Å². The number of morpholine rings is 1. The van der Waals surface area contributed by atoms with E-state index in [1.165, 1.54) is 0 Å². The van der Waals surface area contributed by atoms with E-state index in [4.69, 9.17) is 22.1 Å². The Kier molecular flexibility index (Phi) is 3.58. The zero-order valence-electron chi connectivity index (χ0n) is 9.14. The van der Waals surface area contributed by atoms with Crippen molar-refractivity contribution in [3.05, 3.63) is 17.4 Å². The fraction of sp³-hybridized carbons (Fsp3) is 0.600. The summed E-state index contributed by atoms with van der Waals surface area (Å²) in [7, 11) is 0. The van der Waals surface area contributed by atoms with Gasteiger partial charge in [0.1, 0.15) is 0 Å². The Labute approximate surface area is 99.6 Å². The normalized spacial score (nSPS) is 25.8. The number of ether oxygens (including phenoxy) is 1. The Morgan fingerprint density at radius 2 is 2.25 bits per heavy atom. The zero-order chi connectivity index (χ0) is 11.5. The van der Waals surface area contributed by atoms with Crippen molar-refractivity contribution < 1.29 is 4.74 Å². The zero-order valence-corrected chi connectivity index (χ0v) is 9.89. The third kappa shape index (κ3) is 2.42. The molecule has 88 valence electrons. The molecule has 1 saturated heterocycles. The number of halogens is 1. The molecule has 0 aromatic carbocycles. The highest BCUT2D eigenvalue weighted by Crippen LogP contribution is 2.18. The van der Waals surface area contributed by atoms with Crippen LogP contribution >= 0.6 is 11.6 Å². The number of rotatable bonds is 2. The molecule has 5 nitrogen and oxygen atoms in total. The minimum Gasteiger partial charge on any atom is -0.373 e. The van der Waals surface area contributed by atoms with Crippen LogP contribution in [0.1, 0.15) is 6.92 Å². The molecule has 2 rings (SSSR count). The van der Waals surface area contributed by atoms with Gasteiger partial charge < -0.3 is 15.4 Å². The molecule has 16 heavy (non-hydrogen) atoms. The van der Waals surface area contributed by atoms with Gasteiger partial charge in [-0.1, -0.05) is 11.6 Å². The minimum absolute atomic E-state index is 0.0514. The van der Waals surface area contributed by atoms with E-state index < -0.39 is 0 Å². The number of nitrogens with zero attached hydrogens (tertiary/aromatic N) is 3. The van der Waals surface area contributed by atoms with Gasteiger partial charge in [-0.25, -0.2) is 9.97 Å². The van der Waals surface area contributed by atoms with Gasteiger partial charge in [-0.3, -0.25) is 0 Å². The number of hydrogen-bond acceptors (Lipinski definition) is 5. The van der Waals surface area contributed by atoms with E-state index in [0.717, 1.165) is 6.54 Å². The molecule has 2 heterocycles. The second kappa shape index (κ2) is 4.95. The molecule has 1 aliphatic rings. The standard InChI is InChI=1S/C10H15ClN4O/c1-7-6-16-9(2-12)5-15(7)10-13-3-8(11)4-14-10/h3-4,7,9H,2,5-6,12H2,1H3. The fourth-order valence-corrected chi connectivity index (χ4v) is 1.79. The number of anilines is 1. The number of hydrogen-bond donors (Lipinski definition) is 1. The molecule has 0 aliphatic carbocycles. The van der Waals surface area contributed by atoms with Gasteiger partial charge in [0, 0.05) is 13.1 Å². The third-order valence-corrected chi connectivity index (χ3v) is 2.83. The Hall–Kier alpha value is -0.910. The van der Waals surface area contributed by atoms with Gasteiger partial charge in [-0.05, 0) is 6.92 Å². The smallest absolute Gasteiger partial charge is 0.225 e. The van der Waals surface area contributed by atoms with Gasteiger partial charge in [-0.2, -0.15) is 0 Å². The van der Waals surface area contributed by atoms with Crippen LogP contribution < -0.4 is 10.6 Å². The molecule has 6 heteroatoms. The van der Waals surface area contributed by atoms with E-state index in [1.54, 1.807) is 12.4 Å². The maximum atomic E-state index is 5.75. The summed E-state index contributed by atoms with van der Waals surface area (Å²) in [6, 6.07) is 0.254. The summed E-state index contributed by atoms with van der Waals surface area (Å²) in [6.07, 6.45) is 3.25. The van der Waals surface area contributed by atoms with Crippen LogP contribution in [-0.2, 0) is 4.74 Å². The van der Waals surface area contributed by atoms with Crippen molar-refractivity contribution in [2.24, 2.45) is 5.73 Å². The van der Waals surface area contributed by atoms with Crippen LogP contribution in [0.15, 0.2) is 12.4 Å². The predicted octanol–water partition coefficient (Wildman–Crippen LogP) is 0.682. The van der Waals surface area contributed by atoms with Gasteiger partial charge in [-0.15, -0.1) is 0 Å². The predicted molar refractivity (Wildman–Crippen MR) is 62.6 cm³/mol. The molecule has 0 radical (unpaired) electrons. The van der Waals surface area contributed by atoms with Crippen LogP contribution in [0.4, 0.5) is 5.95 Å². The lowest BCUT2D eigenvalue weighted by Crippen LogP contribution is -2.51. The van der Waals surface area contributed by atoms with E-state index >= 15 is 0 Å². The third-order valence-electron chi connectivity index (χ3n) is 2.63. The molecule has 0 saturated carbocycles. The maximum Gasteiger partial charge on any atom is 0.225 e. The highest BCUT2D eigenvalue weighted by molar-refractivity contribution is 6.30. The quantitative estimate of drug-likeness (QED) is 0.827. The first-order valence-corrected chi connectivity index (χ1v) is 5.64. The molecule has 0 bridgehead atoms. The first-order chi connectivity index (χ1) is 7.70. The highest BCUT2D eigenvalue weighted by Gasteiger charge is 2.26. The van der Waals surface area contributed by atoms with Crippen molar-refractivity contribution in [2.75, 3.05) is 24.6 Å². The summed E-state index contributed by atoms with van der Waals surface area (Å²) in [5, 5.41) is 0.542. The second-order valence-electron chi connectivity index (χ2n) is 3.89. The van der Waals surface area contributed by atoms with Gasteiger partial charge in [0.15, 0.2) is 0 Å². The summed E-state index contributed by atoms with van der Waals surface area (Å²) in [4.78, 5) is 10.5. The lowest BCUT2D eigenvalue weighted by Gasteiger charge is -2.37. The van der Waals surface area contributed by atoms with E-state index in [0.29, 0.717) is 24.1 Å². The van der Waals surface area contributed by atoms with Crippen molar-refractivity contribution in [1.29, 1.82) is 0 Å². The van der Waals surface area contributed by atoms with Crippen molar-refractivity contribution in [3.8, 4) is 0 Å². The van der Waals surface area contributed by atoms with Gasteiger partial charge >= 0.3 is 0 Å². The van der Waals surface area contributed by atoms with Gasteiger partial charge in [0.05, 0.1) is 36.2 Å². The molecule has 0 amide bonds. The molecule has 2 N–H and O–H groups in total. The topological polar surface area (TPSA) is 64.3 Å². The molecule has 1 aromatic rings. The van der Waals surface area contributed by atoms with Crippen molar-refractivity contribution in [2.45, 2.75) is 19.1 Å². The summed E-state index contributed by atoms with van der Waals surface area (Å²) in [5.74, 6) is 0.679. The van der Waals surface area contributed by atoms with Crippen LogP contribution in [0, 0.1) is 0 Å². The fourth-order valence-electron chi connectivity index (χ4n) is 1.69. The monoisotopic (exact) mass is 242 g/mol. The molecule has 0 spiro atoms. The van der Waals surface area contributed by atoms with E-state index in [2.05, 4.69) is 21.8 Å². The lowest BCUT2D eigenvalue weighted by atomic mass is 10.2. The first-order valence-electron chi connectivity index (χ1n) is 5.26. The average molecular weight is 243 g/mol. The Balaban J connectivity index is 2.14. The van der Waals surface area contributed by atoms with Gasteiger partial charge in [0.2, 0.25) is 5.95 Å². The summed E-state index contributed by atoms with van der Waals surface area (Å²) >= 11 is 5.75. The van der Waals surface area contributed by atoms with Crippen LogP contribution in [0.2, 0.25) is 5.02 Å². The summed E-state index contributed by atoms with van der Waals surface area (Å²) in [6.45, 7) is 3.95. The van der Waals surface area contributed by atoms with Crippen molar-refractivity contribution >= 4 is 17.5 Å². The molecule has 2 unspecified atom stereocenters. The van der Waals surface area contributed by atoms with Gasteiger partial charge in [0.25, 0.3) is 0 Å². The molecular weight excluding hydrogens is 228 g/mol. The summed E-state index contributed by atoms with van der Waals surface area (Å²) in [5.41, 5.74) is 5.60. The SMILES string of the molecule is CC1COC(CN)CN1c1ncc(Cl)cn1. The Morgan fingerprint density at radius 3 is 2.88 bits per heavy atom. The first kappa shape index (κ1) is 11.6.